The first-order chi connectivity index (χ1) is 14.4. The second kappa shape index (κ2) is 8.18. The Hall–Kier alpha value is -2.74. The number of rotatable bonds is 4. The Bertz CT molecular complexity index is 1280. The molecule has 0 amide bonds. The minimum absolute atomic E-state index is 0.0361. The summed E-state index contributed by atoms with van der Waals surface area (Å²) < 4.78 is 1.48. The van der Waals surface area contributed by atoms with Crippen LogP contribution in [-0.2, 0) is 4.79 Å². The van der Waals surface area contributed by atoms with Gasteiger partial charge in [0.25, 0.3) is 5.56 Å². The van der Waals surface area contributed by atoms with Gasteiger partial charge in [0, 0.05) is 5.92 Å². The number of Topliss-reactive ketones (excluding diaryl/α,β-unsaturated/α-hetero) is 1. The summed E-state index contributed by atoms with van der Waals surface area (Å²) in [6, 6.07) is 10.0. The molecule has 2 heterocycles. The van der Waals surface area contributed by atoms with Crippen LogP contribution in [0.2, 0.25) is 0 Å². The number of halogens is 2. The summed E-state index contributed by atoms with van der Waals surface area (Å²) in [6.45, 7) is 2.08. The molecule has 0 aliphatic heterocycles. The maximum atomic E-state index is 12.6. The minimum atomic E-state index is -0.492. The van der Waals surface area contributed by atoms with Crippen LogP contribution in [0.15, 0.2) is 62.9 Å². The fraction of sp³-hybridized carbons (Fsp3) is 0.143. The number of allylic oxidation sites excluding steroid dienone is 5. The van der Waals surface area contributed by atoms with E-state index in [0.717, 1.165) is 17.0 Å². The highest BCUT2D eigenvalue weighted by molar-refractivity contribution is 7.16. The lowest BCUT2D eigenvalue weighted by molar-refractivity contribution is -0.111. The zero-order valence-electron chi connectivity index (χ0n) is 15.8. The highest BCUT2D eigenvalue weighted by Gasteiger charge is 2.21. The molecule has 0 saturated heterocycles. The average Bonchev–Trinajstić information content (AvgIpc) is 3.14. The lowest BCUT2D eigenvalue weighted by Gasteiger charge is -2.11. The van der Waals surface area contributed by atoms with Crippen LogP contribution in [0.4, 0.5) is 5.82 Å². The number of carbonyl (C=O) groups is 1. The summed E-state index contributed by atoms with van der Waals surface area (Å²) in [7, 11) is 0. The van der Waals surface area contributed by atoms with Gasteiger partial charge in [-0.15, -0.1) is 0 Å². The van der Waals surface area contributed by atoms with Gasteiger partial charge in [0.05, 0.1) is 15.6 Å². The average molecular weight is 459 g/mol. The van der Waals surface area contributed by atoms with E-state index in [1.54, 1.807) is 0 Å². The summed E-state index contributed by atoms with van der Waals surface area (Å²) >= 11 is 13.2. The van der Waals surface area contributed by atoms with Crippen LogP contribution in [0.3, 0.4) is 0 Å². The number of nitrogens with two attached hydrogens (primary N) is 1. The highest BCUT2D eigenvalue weighted by atomic mass is 35.5. The number of carbonyl (C=O) groups excluding carboxylic acids is 1. The molecule has 1 aromatic carbocycles. The molecule has 2 N–H and O–H groups in total. The molecule has 9 heteroatoms. The smallest absolute Gasteiger partial charge is 0.283 e. The Labute approximate surface area is 186 Å². The quantitative estimate of drug-likeness (QED) is 0.621. The summed E-state index contributed by atoms with van der Waals surface area (Å²) in [5.74, 6) is -0.236. The molecular formula is C21H16Cl2N4O2S. The van der Waals surface area contributed by atoms with Crippen LogP contribution in [0, 0.1) is 0 Å². The zero-order chi connectivity index (χ0) is 21.4. The molecule has 2 aromatic heterocycles. The lowest BCUT2D eigenvalue weighted by atomic mass is 9.97. The second-order valence-corrected chi connectivity index (χ2v) is 8.48. The van der Waals surface area contributed by atoms with Crippen molar-refractivity contribution in [1.29, 1.82) is 0 Å². The van der Waals surface area contributed by atoms with Crippen molar-refractivity contribution in [1.82, 2.24) is 14.6 Å². The molecule has 4 rings (SSSR count). The number of hydrogen-bond donors (Lipinski definition) is 1. The monoisotopic (exact) mass is 458 g/mol. The number of aromatic nitrogens is 3. The Kier molecular flexibility index (Phi) is 5.60. The van der Waals surface area contributed by atoms with Crippen molar-refractivity contribution in [3.05, 3.63) is 84.6 Å². The molecule has 1 aliphatic rings. The van der Waals surface area contributed by atoms with Crippen LogP contribution in [-0.4, -0.2) is 20.4 Å². The normalized spacial score (nSPS) is 15.2. The Morgan fingerprint density at radius 1 is 1.17 bits per heavy atom. The summed E-state index contributed by atoms with van der Waals surface area (Å²) in [4.78, 5) is 28.9. The predicted molar refractivity (Wildman–Crippen MR) is 121 cm³/mol. The predicted octanol–water partition coefficient (Wildman–Crippen LogP) is 4.49. The molecular weight excluding hydrogens is 443 g/mol. The van der Waals surface area contributed by atoms with Crippen molar-refractivity contribution in [2.75, 3.05) is 5.73 Å². The molecule has 1 aliphatic carbocycles. The third kappa shape index (κ3) is 3.71. The summed E-state index contributed by atoms with van der Waals surface area (Å²) in [5.41, 5.74) is 7.55. The first-order valence-corrected chi connectivity index (χ1v) is 10.7. The number of nitrogen functional groups attached to an aromatic ring is 1. The minimum Gasteiger partial charge on any atom is -0.383 e. The third-order valence-corrected chi connectivity index (χ3v) is 6.33. The molecule has 1 atom stereocenters. The van der Waals surface area contributed by atoms with E-state index in [1.807, 2.05) is 30.3 Å². The maximum Gasteiger partial charge on any atom is 0.283 e. The molecule has 1 unspecified atom stereocenters. The molecule has 152 valence electrons. The van der Waals surface area contributed by atoms with Crippen molar-refractivity contribution >= 4 is 57.2 Å². The first-order valence-electron chi connectivity index (χ1n) is 9.14. The van der Waals surface area contributed by atoms with Gasteiger partial charge in [-0.1, -0.05) is 71.8 Å². The third-order valence-electron chi connectivity index (χ3n) is 4.75. The van der Waals surface area contributed by atoms with E-state index in [-0.39, 0.29) is 27.4 Å². The van der Waals surface area contributed by atoms with E-state index in [9.17, 15) is 9.59 Å². The first kappa shape index (κ1) is 20.5. The number of fused-ring (bicyclic) bond motifs is 1. The molecule has 30 heavy (non-hydrogen) atoms. The van der Waals surface area contributed by atoms with Gasteiger partial charge in [0.2, 0.25) is 10.7 Å². The van der Waals surface area contributed by atoms with Gasteiger partial charge < -0.3 is 5.73 Å². The van der Waals surface area contributed by atoms with Crippen LogP contribution in [0.25, 0.3) is 11.0 Å². The topological polar surface area (TPSA) is 90.4 Å². The Morgan fingerprint density at radius 3 is 2.47 bits per heavy atom. The maximum absolute atomic E-state index is 12.6. The summed E-state index contributed by atoms with van der Waals surface area (Å²) in [5, 5.41) is 5.39. The molecule has 0 spiro atoms. The van der Waals surface area contributed by atoms with Crippen molar-refractivity contribution in [3.63, 3.8) is 0 Å². The number of benzene rings is 1. The number of nitrogens with zero attached hydrogens (tertiary/aromatic N) is 3. The fourth-order valence-corrected chi connectivity index (χ4v) is 4.85. The van der Waals surface area contributed by atoms with Gasteiger partial charge in [-0.2, -0.15) is 14.6 Å². The van der Waals surface area contributed by atoms with E-state index in [1.165, 1.54) is 34.1 Å². The highest BCUT2D eigenvalue weighted by Crippen LogP contribution is 2.32. The molecule has 0 radical (unpaired) electrons. The number of anilines is 1. The van der Waals surface area contributed by atoms with E-state index in [4.69, 9.17) is 28.9 Å². The van der Waals surface area contributed by atoms with Crippen LogP contribution < -0.4 is 11.3 Å². The van der Waals surface area contributed by atoms with Crippen LogP contribution in [0.5, 0.6) is 0 Å². The van der Waals surface area contributed by atoms with Gasteiger partial charge in [0.1, 0.15) is 10.8 Å². The molecule has 0 fully saturated rings. The van der Waals surface area contributed by atoms with E-state index in [2.05, 4.69) is 17.0 Å². The van der Waals surface area contributed by atoms with Gasteiger partial charge in [-0.25, -0.2) is 0 Å². The molecule has 0 bridgehead atoms. The van der Waals surface area contributed by atoms with Crippen LogP contribution >= 0.6 is 34.5 Å². The second-order valence-electron chi connectivity index (χ2n) is 6.68. The van der Waals surface area contributed by atoms with E-state index < -0.39 is 11.3 Å². The molecule has 3 aromatic rings. The van der Waals surface area contributed by atoms with E-state index >= 15 is 0 Å². The van der Waals surface area contributed by atoms with Gasteiger partial charge in [0.15, 0.2) is 0 Å². The van der Waals surface area contributed by atoms with E-state index in [0.29, 0.717) is 10.5 Å². The lowest BCUT2D eigenvalue weighted by Crippen LogP contribution is -2.17. The number of ketones is 1. The Morgan fingerprint density at radius 2 is 1.83 bits per heavy atom. The molecule has 6 nitrogen and oxygen atoms in total. The van der Waals surface area contributed by atoms with Gasteiger partial charge >= 0.3 is 0 Å². The van der Waals surface area contributed by atoms with Gasteiger partial charge in [-0.3, -0.25) is 9.59 Å². The van der Waals surface area contributed by atoms with Crippen molar-refractivity contribution in [3.8, 4) is 0 Å². The summed E-state index contributed by atoms with van der Waals surface area (Å²) in [6.07, 6.45) is 5.20. The standard InChI is InChI=1S/C21H16Cl2N4O2S/c1-2-13(12-6-4-3-5-7-12)20-26-27-18(24)14(19(29)25-21(27)30-20)8-11-9-15(22)17(28)16(23)10-11/h3-10,13H,2,24H2,1H3. The van der Waals surface area contributed by atoms with Gasteiger partial charge in [-0.05, 0) is 35.8 Å². The Balaban J connectivity index is 1.82. The zero-order valence-corrected chi connectivity index (χ0v) is 18.1. The number of hydrogen-bond acceptors (Lipinski definition) is 6. The molecule has 0 saturated carbocycles. The van der Waals surface area contributed by atoms with Crippen LogP contribution in [0.1, 0.15) is 35.4 Å². The van der Waals surface area contributed by atoms with Crippen molar-refractivity contribution < 1.29 is 4.79 Å². The van der Waals surface area contributed by atoms with Crippen molar-refractivity contribution in [2.45, 2.75) is 19.3 Å². The fourth-order valence-electron chi connectivity index (χ4n) is 3.24. The SMILES string of the molecule is CCC(c1ccccc1)c1nn2c(N)c(C=C3C=C(Cl)C(=O)C(Cl)=C3)c(=O)nc2s1. The largest absolute Gasteiger partial charge is 0.383 e. The van der Waals surface area contributed by atoms with Crippen molar-refractivity contribution in [2.24, 2.45) is 0 Å².